The third-order valence-electron chi connectivity index (χ3n) is 4.76. The minimum Gasteiger partial charge on any atom is -0.490 e. The summed E-state index contributed by atoms with van der Waals surface area (Å²) in [7, 11) is 0. The van der Waals surface area contributed by atoms with Crippen LogP contribution in [0.15, 0.2) is 24.3 Å². The van der Waals surface area contributed by atoms with Gasteiger partial charge in [-0.25, -0.2) is 4.39 Å². The molecule has 1 aliphatic carbocycles. The van der Waals surface area contributed by atoms with Crippen LogP contribution in [0.25, 0.3) is 0 Å². The maximum absolute atomic E-state index is 12.9. The van der Waals surface area contributed by atoms with Crippen LogP contribution in [0.5, 0.6) is 5.75 Å². The van der Waals surface area contributed by atoms with Crippen molar-refractivity contribution < 1.29 is 13.9 Å². The van der Waals surface area contributed by atoms with Gasteiger partial charge >= 0.3 is 0 Å². The molecule has 0 spiro atoms. The smallest absolute Gasteiger partial charge is 0.227 e. The maximum atomic E-state index is 12.9. The van der Waals surface area contributed by atoms with Crippen LogP contribution in [0.2, 0.25) is 0 Å². The van der Waals surface area contributed by atoms with E-state index in [1.807, 2.05) is 4.90 Å². The number of rotatable bonds is 3. The Hall–Kier alpha value is -1.62. The molecule has 1 saturated heterocycles. The van der Waals surface area contributed by atoms with E-state index < -0.39 is 0 Å². The van der Waals surface area contributed by atoms with Crippen molar-refractivity contribution in [2.45, 2.75) is 44.2 Å². The minimum absolute atomic E-state index is 0.00886. The molecule has 1 amide bonds. The second-order valence-corrected chi connectivity index (χ2v) is 6.30. The highest BCUT2D eigenvalue weighted by Gasteiger charge is 2.34. The zero-order valence-electron chi connectivity index (χ0n) is 12.7. The van der Waals surface area contributed by atoms with E-state index >= 15 is 0 Å². The average Bonchev–Trinajstić information content (AvgIpc) is 2.96. The number of hydrogen-bond acceptors (Lipinski definition) is 3. The van der Waals surface area contributed by atoms with Crippen LogP contribution in [-0.2, 0) is 4.79 Å². The summed E-state index contributed by atoms with van der Waals surface area (Å²) >= 11 is 0. The quantitative estimate of drug-likeness (QED) is 0.932. The van der Waals surface area contributed by atoms with E-state index in [9.17, 15) is 9.18 Å². The lowest BCUT2D eigenvalue weighted by molar-refractivity contribution is -0.137. The van der Waals surface area contributed by atoms with Gasteiger partial charge < -0.3 is 15.4 Å². The van der Waals surface area contributed by atoms with E-state index in [2.05, 4.69) is 0 Å². The van der Waals surface area contributed by atoms with E-state index in [1.54, 1.807) is 12.1 Å². The zero-order chi connectivity index (χ0) is 15.5. The fraction of sp³-hybridized carbons (Fsp3) is 0.588. The molecule has 1 aromatic rings. The lowest BCUT2D eigenvalue weighted by atomic mass is 10.00. The monoisotopic (exact) mass is 306 g/mol. The van der Waals surface area contributed by atoms with Crippen LogP contribution >= 0.6 is 0 Å². The number of carbonyl (C=O) groups is 1. The van der Waals surface area contributed by atoms with Crippen molar-refractivity contribution in [2.24, 2.45) is 11.7 Å². The molecule has 3 rings (SSSR count). The highest BCUT2D eigenvalue weighted by Crippen LogP contribution is 2.27. The van der Waals surface area contributed by atoms with E-state index in [1.165, 1.54) is 12.1 Å². The SMILES string of the molecule is N[C@H]1CCC[C@@H]1C(=O)N1CCC(Oc2ccc(F)cc2)CC1. The second kappa shape index (κ2) is 6.65. The molecule has 1 aromatic carbocycles. The number of piperidine rings is 1. The van der Waals surface area contributed by atoms with Gasteiger partial charge in [0.05, 0.1) is 5.92 Å². The van der Waals surface area contributed by atoms with E-state index in [4.69, 9.17) is 10.5 Å². The van der Waals surface area contributed by atoms with Gasteiger partial charge in [0.25, 0.3) is 0 Å². The maximum Gasteiger partial charge on any atom is 0.227 e. The van der Waals surface area contributed by atoms with E-state index in [-0.39, 0.29) is 29.8 Å². The summed E-state index contributed by atoms with van der Waals surface area (Å²) in [5, 5.41) is 0. The number of amides is 1. The number of benzene rings is 1. The number of ether oxygens (including phenoxy) is 1. The van der Waals surface area contributed by atoms with Crippen LogP contribution in [0.4, 0.5) is 4.39 Å². The minimum atomic E-state index is -0.263. The number of nitrogens with zero attached hydrogens (tertiary/aromatic N) is 1. The fourth-order valence-electron chi connectivity index (χ4n) is 3.43. The van der Waals surface area contributed by atoms with Gasteiger partial charge in [0.2, 0.25) is 5.91 Å². The van der Waals surface area contributed by atoms with Gasteiger partial charge in [-0.1, -0.05) is 6.42 Å². The highest BCUT2D eigenvalue weighted by molar-refractivity contribution is 5.80. The molecule has 2 atom stereocenters. The highest BCUT2D eigenvalue weighted by atomic mass is 19.1. The number of hydrogen-bond donors (Lipinski definition) is 1. The normalized spacial score (nSPS) is 26.2. The van der Waals surface area contributed by atoms with Crippen molar-refractivity contribution in [1.29, 1.82) is 0 Å². The fourth-order valence-corrected chi connectivity index (χ4v) is 3.43. The van der Waals surface area contributed by atoms with Gasteiger partial charge in [-0.05, 0) is 37.1 Å². The van der Waals surface area contributed by atoms with Crippen LogP contribution < -0.4 is 10.5 Å². The Labute approximate surface area is 130 Å². The Balaban J connectivity index is 1.49. The molecule has 1 saturated carbocycles. The Morgan fingerprint density at radius 3 is 2.41 bits per heavy atom. The topological polar surface area (TPSA) is 55.6 Å². The summed E-state index contributed by atoms with van der Waals surface area (Å²) in [6, 6.07) is 6.11. The summed E-state index contributed by atoms with van der Waals surface area (Å²) in [5.74, 6) is 0.643. The predicted molar refractivity (Wildman–Crippen MR) is 81.9 cm³/mol. The molecule has 5 heteroatoms. The Morgan fingerprint density at radius 2 is 1.82 bits per heavy atom. The van der Waals surface area contributed by atoms with Gasteiger partial charge in [-0.3, -0.25) is 4.79 Å². The standard InChI is InChI=1S/C17H23FN2O2/c18-12-4-6-13(7-5-12)22-14-8-10-20(11-9-14)17(21)15-2-1-3-16(15)19/h4-7,14-16H,1-3,8-11,19H2/t15-,16-/m0/s1. The number of halogens is 1. The first-order chi connectivity index (χ1) is 10.6. The van der Waals surface area contributed by atoms with Crippen molar-refractivity contribution >= 4 is 5.91 Å². The molecule has 1 aliphatic heterocycles. The predicted octanol–water partition coefficient (Wildman–Crippen LogP) is 2.32. The third-order valence-corrected chi connectivity index (χ3v) is 4.76. The van der Waals surface area contributed by atoms with Crippen molar-refractivity contribution in [1.82, 2.24) is 4.90 Å². The Kier molecular flexibility index (Phi) is 4.62. The molecular formula is C17H23FN2O2. The first-order valence-electron chi connectivity index (χ1n) is 8.10. The first-order valence-corrected chi connectivity index (χ1v) is 8.10. The number of carbonyl (C=O) groups excluding carboxylic acids is 1. The molecule has 4 nitrogen and oxygen atoms in total. The van der Waals surface area contributed by atoms with E-state index in [0.717, 1.165) is 32.1 Å². The zero-order valence-corrected chi connectivity index (χ0v) is 12.7. The lowest BCUT2D eigenvalue weighted by Gasteiger charge is -2.34. The third kappa shape index (κ3) is 3.40. The molecule has 0 unspecified atom stereocenters. The van der Waals surface area contributed by atoms with Crippen molar-refractivity contribution in [3.8, 4) is 5.75 Å². The molecule has 1 heterocycles. The van der Waals surface area contributed by atoms with Crippen LogP contribution in [-0.4, -0.2) is 36.0 Å². The first kappa shape index (κ1) is 15.3. The Morgan fingerprint density at radius 1 is 1.14 bits per heavy atom. The number of likely N-dealkylation sites (tertiary alicyclic amines) is 1. The molecule has 2 aliphatic rings. The molecule has 22 heavy (non-hydrogen) atoms. The van der Waals surface area contributed by atoms with E-state index in [0.29, 0.717) is 18.8 Å². The summed E-state index contributed by atoms with van der Waals surface area (Å²) in [5.41, 5.74) is 6.03. The van der Waals surface area contributed by atoms with Gasteiger partial charge in [-0.15, -0.1) is 0 Å². The van der Waals surface area contributed by atoms with Gasteiger partial charge in [-0.2, -0.15) is 0 Å². The van der Waals surface area contributed by atoms with Crippen molar-refractivity contribution in [2.75, 3.05) is 13.1 Å². The van der Waals surface area contributed by atoms with Crippen LogP contribution in [0, 0.1) is 11.7 Å². The summed E-state index contributed by atoms with van der Waals surface area (Å²) in [6.07, 6.45) is 4.65. The average molecular weight is 306 g/mol. The van der Waals surface area contributed by atoms with Crippen LogP contribution in [0.3, 0.4) is 0 Å². The summed E-state index contributed by atoms with van der Waals surface area (Å²) < 4.78 is 18.7. The van der Waals surface area contributed by atoms with Gasteiger partial charge in [0.15, 0.2) is 0 Å². The van der Waals surface area contributed by atoms with Crippen molar-refractivity contribution in [3.63, 3.8) is 0 Å². The summed E-state index contributed by atoms with van der Waals surface area (Å²) in [4.78, 5) is 14.4. The molecule has 120 valence electrons. The second-order valence-electron chi connectivity index (χ2n) is 6.30. The molecule has 0 radical (unpaired) electrons. The molecule has 2 N–H and O–H groups in total. The summed E-state index contributed by atoms with van der Waals surface area (Å²) in [6.45, 7) is 1.43. The van der Waals surface area contributed by atoms with Gasteiger partial charge in [0, 0.05) is 32.0 Å². The van der Waals surface area contributed by atoms with Crippen molar-refractivity contribution in [3.05, 3.63) is 30.1 Å². The lowest BCUT2D eigenvalue weighted by Crippen LogP contribution is -2.47. The van der Waals surface area contributed by atoms with Crippen LogP contribution in [0.1, 0.15) is 32.1 Å². The number of nitrogens with two attached hydrogens (primary N) is 1. The molecule has 0 bridgehead atoms. The Bertz CT molecular complexity index is 512. The molecular weight excluding hydrogens is 283 g/mol. The molecule has 0 aromatic heterocycles. The molecule has 2 fully saturated rings. The largest absolute Gasteiger partial charge is 0.490 e. The van der Waals surface area contributed by atoms with Gasteiger partial charge in [0.1, 0.15) is 17.7 Å².